The molecule has 12 heavy (non-hydrogen) atoms. The van der Waals surface area contributed by atoms with Gasteiger partial charge in [0.25, 0.3) is 0 Å². The lowest BCUT2D eigenvalue weighted by molar-refractivity contribution is 0.541. The number of aryl methyl sites for hydroxylation is 1. The first-order valence-electron chi connectivity index (χ1n) is 4.57. The molecule has 1 rings (SSSR count). The maximum Gasteiger partial charge on any atom is 0.0332 e. The van der Waals surface area contributed by atoms with Crippen molar-refractivity contribution in [2.75, 3.05) is 7.05 Å². The molecule has 2 nitrogen and oxygen atoms in total. The van der Waals surface area contributed by atoms with E-state index in [4.69, 9.17) is 0 Å². The van der Waals surface area contributed by atoms with Crippen LogP contribution in [0.4, 0.5) is 0 Å². The molecule has 0 amide bonds. The van der Waals surface area contributed by atoms with Crippen LogP contribution in [0.3, 0.4) is 0 Å². The van der Waals surface area contributed by atoms with Crippen LogP contribution in [0.15, 0.2) is 18.5 Å². The van der Waals surface area contributed by atoms with E-state index in [9.17, 15) is 0 Å². The SMILES string of the molecule is CCCC(NC)c1ccn(C)c1. The van der Waals surface area contributed by atoms with E-state index in [1.165, 1.54) is 18.4 Å². The fourth-order valence-electron chi connectivity index (χ4n) is 1.50. The van der Waals surface area contributed by atoms with Crippen molar-refractivity contribution < 1.29 is 0 Å². The zero-order valence-corrected chi connectivity index (χ0v) is 8.17. The van der Waals surface area contributed by atoms with Gasteiger partial charge in [0, 0.05) is 25.5 Å². The van der Waals surface area contributed by atoms with Crippen LogP contribution in [-0.2, 0) is 7.05 Å². The van der Waals surface area contributed by atoms with E-state index in [1.807, 2.05) is 7.05 Å². The normalized spacial score (nSPS) is 13.2. The maximum atomic E-state index is 3.32. The van der Waals surface area contributed by atoms with E-state index in [-0.39, 0.29) is 0 Å². The maximum absolute atomic E-state index is 3.32. The third-order valence-corrected chi connectivity index (χ3v) is 2.18. The van der Waals surface area contributed by atoms with Crippen LogP contribution >= 0.6 is 0 Å². The lowest BCUT2D eigenvalue weighted by atomic mass is 10.1. The molecule has 1 aromatic rings. The molecule has 0 radical (unpaired) electrons. The van der Waals surface area contributed by atoms with Crippen LogP contribution < -0.4 is 5.32 Å². The number of hydrogen-bond acceptors (Lipinski definition) is 1. The zero-order chi connectivity index (χ0) is 8.97. The lowest BCUT2D eigenvalue weighted by Crippen LogP contribution is -2.15. The Kier molecular flexibility index (Phi) is 3.35. The third-order valence-electron chi connectivity index (χ3n) is 2.18. The minimum Gasteiger partial charge on any atom is -0.357 e. The van der Waals surface area contributed by atoms with Crippen LogP contribution in [0, 0.1) is 0 Å². The number of nitrogens with one attached hydrogen (secondary N) is 1. The molecule has 0 bridgehead atoms. The molecule has 0 fully saturated rings. The molecular weight excluding hydrogens is 148 g/mol. The summed E-state index contributed by atoms with van der Waals surface area (Å²) >= 11 is 0. The Morgan fingerprint density at radius 3 is 2.75 bits per heavy atom. The Bertz CT molecular complexity index is 227. The Hall–Kier alpha value is -0.760. The molecule has 1 aromatic heterocycles. The third kappa shape index (κ3) is 2.11. The quantitative estimate of drug-likeness (QED) is 0.724. The van der Waals surface area contributed by atoms with Crippen molar-refractivity contribution in [3.8, 4) is 0 Å². The second-order valence-corrected chi connectivity index (χ2v) is 3.24. The minimum absolute atomic E-state index is 0.524. The summed E-state index contributed by atoms with van der Waals surface area (Å²) in [6.07, 6.45) is 6.70. The fourth-order valence-corrected chi connectivity index (χ4v) is 1.50. The van der Waals surface area contributed by atoms with Gasteiger partial charge in [0.2, 0.25) is 0 Å². The van der Waals surface area contributed by atoms with Crippen molar-refractivity contribution in [3.05, 3.63) is 24.0 Å². The Morgan fingerprint density at radius 1 is 1.58 bits per heavy atom. The second-order valence-electron chi connectivity index (χ2n) is 3.24. The average molecular weight is 166 g/mol. The van der Waals surface area contributed by atoms with E-state index >= 15 is 0 Å². The van der Waals surface area contributed by atoms with Crippen LogP contribution in [-0.4, -0.2) is 11.6 Å². The molecule has 0 saturated carbocycles. The second kappa shape index (κ2) is 4.31. The summed E-state index contributed by atoms with van der Waals surface area (Å²) < 4.78 is 2.09. The smallest absolute Gasteiger partial charge is 0.0332 e. The summed E-state index contributed by atoms with van der Waals surface area (Å²) in [5.74, 6) is 0. The monoisotopic (exact) mass is 166 g/mol. The first-order valence-corrected chi connectivity index (χ1v) is 4.57. The molecule has 0 aliphatic heterocycles. The number of hydrogen-bond donors (Lipinski definition) is 1. The van der Waals surface area contributed by atoms with Crippen molar-refractivity contribution in [2.45, 2.75) is 25.8 Å². The number of nitrogens with zero attached hydrogens (tertiary/aromatic N) is 1. The largest absolute Gasteiger partial charge is 0.357 e. The van der Waals surface area contributed by atoms with E-state index in [2.05, 4.69) is 42.3 Å². The topological polar surface area (TPSA) is 17.0 Å². The van der Waals surface area contributed by atoms with Gasteiger partial charge >= 0.3 is 0 Å². The molecule has 1 atom stereocenters. The highest BCUT2D eigenvalue weighted by Crippen LogP contribution is 2.17. The summed E-state index contributed by atoms with van der Waals surface area (Å²) in [5, 5.41) is 3.32. The van der Waals surface area contributed by atoms with Crippen LogP contribution in [0.2, 0.25) is 0 Å². The standard InChI is InChI=1S/C10H18N2/c1-4-5-10(11-2)9-6-7-12(3)8-9/h6-8,10-11H,4-5H2,1-3H3. The molecule has 2 heteroatoms. The summed E-state index contributed by atoms with van der Waals surface area (Å²) in [4.78, 5) is 0. The first-order chi connectivity index (χ1) is 5.77. The fraction of sp³-hybridized carbons (Fsp3) is 0.600. The van der Waals surface area contributed by atoms with Crippen molar-refractivity contribution >= 4 is 0 Å². The Morgan fingerprint density at radius 2 is 2.33 bits per heavy atom. The van der Waals surface area contributed by atoms with Crippen molar-refractivity contribution in [1.82, 2.24) is 9.88 Å². The number of rotatable bonds is 4. The molecule has 1 heterocycles. The highest BCUT2D eigenvalue weighted by molar-refractivity contribution is 5.14. The van der Waals surface area contributed by atoms with Crippen molar-refractivity contribution in [2.24, 2.45) is 7.05 Å². The molecule has 0 aliphatic carbocycles. The van der Waals surface area contributed by atoms with Gasteiger partial charge in [-0.15, -0.1) is 0 Å². The van der Waals surface area contributed by atoms with Gasteiger partial charge in [0.05, 0.1) is 0 Å². The highest BCUT2D eigenvalue weighted by Gasteiger charge is 2.07. The van der Waals surface area contributed by atoms with Gasteiger partial charge in [0.1, 0.15) is 0 Å². The molecule has 68 valence electrons. The zero-order valence-electron chi connectivity index (χ0n) is 8.17. The summed E-state index contributed by atoms with van der Waals surface area (Å²) in [5.41, 5.74) is 1.39. The van der Waals surface area contributed by atoms with Crippen molar-refractivity contribution in [3.63, 3.8) is 0 Å². The highest BCUT2D eigenvalue weighted by atomic mass is 14.9. The van der Waals surface area contributed by atoms with Gasteiger partial charge in [-0.2, -0.15) is 0 Å². The lowest BCUT2D eigenvalue weighted by Gasteiger charge is -2.12. The van der Waals surface area contributed by atoms with Gasteiger partial charge in [-0.05, 0) is 25.1 Å². The predicted octanol–water partition coefficient (Wildman–Crippen LogP) is 2.09. The van der Waals surface area contributed by atoms with Gasteiger partial charge in [0.15, 0.2) is 0 Å². The molecular formula is C10H18N2. The molecule has 0 aliphatic rings. The predicted molar refractivity (Wildman–Crippen MR) is 52.1 cm³/mol. The molecule has 0 saturated heterocycles. The molecule has 1 unspecified atom stereocenters. The van der Waals surface area contributed by atoms with Crippen LogP contribution in [0.5, 0.6) is 0 Å². The summed E-state index contributed by atoms with van der Waals surface area (Å²) in [6.45, 7) is 2.22. The van der Waals surface area contributed by atoms with Crippen molar-refractivity contribution in [1.29, 1.82) is 0 Å². The van der Waals surface area contributed by atoms with E-state index in [1.54, 1.807) is 0 Å². The molecule has 0 spiro atoms. The Labute approximate surface area is 74.6 Å². The van der Waals surface area contributed by atoms with Gasteiger partial charge < -0.3 is 9.88 Å². The van der Waals surface area contributed by atoms with E-state index in [0.717, 1.165) is 0 Å². The van der Waals surface area contributed by atoms with E-state index in [0.29, 0.717) is 6.04 Å². The van der Waals surface area contributed by atoms with E-state index < -0.39 is 0 Å². The van der Waals surface area contributed by atoms with Crippen LogP contribution in [0.25, 0.3) is 0 Å². The minimum atomic E-state index is 0.524. The summed E-state index contributed by atoms with van der Waals surface area (Å²) in [7, 11) is 4.08. The number of aromatic nitrogens is 1. The first kappa shape index (κ1) is 9.33. The summed E-state index contributed by atoms with van der Waals surface area (Å²) in [6, 6.07) is 2.70. The molecule has 0 aromatic carbocycles. The van der Waals surface area contributed by atoms with Crippen LogP contribution in [0.1, 0.15) is 31.4 Å². The Balaban J connectivity index is 2.66. The van der Waals surface area contributed by atoms with Gasteiger partial charge in [-0.25, -0.2) is 0 Å². The van der Waals surface area contributed by atoms with Gasteiger partial charge in [-0.1, -0.05) is 13.3 Å². The van der Waals surface area contributed by atoms with Gasteiger partial charge in [-0.3, -0.25) is 0 Å². The average Bonchev–Trinajstić information content (AvgIpc) is 2.47. The molecule has 1 N–H and O–H groups in total.